The van der Waals surface area contributed by atoms with Crippen molar-refractivity contribution in [3.05, 3.63) is 30.1 Å². The fraction of sp³-hybridized carbons (Fsp3) is 0.571. The van der Waals surface area contributed by atoms with Crippen LogP contribution in [0.4, 0.5) is 0 Å². The van der Waals surface area contributed by atoms with Crippen LogP contribution in [-0.2, 0) is 4.79 Å². The van der Waals surface area contributed by atoms with Crippen LogP contribution < -0.4 is 0 Å². The number of allylic oxidation sites excluding steroid dienone is 2. The van der Waals surface area contributed by atoms with E-state index in [0.717, 1.165) is 44.3 Å². The number of carbonyl (C=O) groups excluding carboxylic acids is 1. The lowest BCUT2D eigenvalue weighted by Gasteiger charge is -2.28. The molecule has 1 saturated heterocycles. The summed E-state index contributed by atoms with van der Waals surface area (Å²) in [5, 5.41) is 7.01. The lowest BCUT2D eigenvalue weighted by molar-refractivity contribution is -0.136. The molecule has 3 rings (SSSR count). The summed E-state index contributed by atoms with van der Waals surface area (Å²) >= 11 is 0. The van der Waals surface area contributed by atoms with Crippen LogP contribution in [0.5, 0.6) is 0 Å². The minimum atomic E-state index is 0.193. The summed E-state index contributed by atoms with van der Waals surface area (Å²) in [5.41, 5.74) is 1.08. The van der Waals surface area contributed by atoms with E-state index in [4.69, 9.17) is 0 Å². The van der Waals surface area contributed by atoms with Gasteiger partial charge in [-0.25, -0.2) is 0 Å². The van der Waals surface area contributed by atoms with Crippen LogP contribution in [0.3, 0.4) is 0 Å². The third kappa shape index (κ3) is 2.07. The van der Waals surface area contributed by atoms with Gasteiger partial charge in [0.05, 0.1) is 11.7 Å². The van der Waals surface area contributed by atoms with Crippen molar-refractivity contribution in [3.63, 3.8) is 0 Å². The number of nitrogens with zero attached hydrogens (tertiary/aromatic N) is 2. The SMILES string of the molecule is O=C([C@H]1CC=CCC1)N1CCC[C@@H]1c1ccn[nH]1. The summed E-state index contributed by atoms with van der Waals surface area (Å²) in [6.07, 6.45) is 11.2. The molecule has 1 fully saturated rings. The van der Waals surface area contributed by atoms with Crippen molar-refractivity contribution in [3.8, 4) is 0 Å². The summed E-state index contributed by atoms with van der Waals surface area (Å²) in [5.74, 6) is 0.523. The Morgan fingerprint density at radius 3 is 3.06 bits per heavy atom. The van der Waals surface area contributed by atoms with Gasteiger partial charge in [-0.2, -0.15) is 5.10 Å². The molecule has 1 N–H and O–H groups in total. The van der Waals surface area contributed by atoms with Crippen molar-refractivity contribution in [2.75, 3.05) is 6.54 Å². The van der Waals surface area contributed by atoms with Gasteiger partial charge in [0.15, 0.2) is 0 Å². The van der Waals surface area contributed by atoms with Gasteiger partial charge >= 0.3 is 0 Å². The first-order chi connectivity index (χ1) is 8.86. The number of hydrogen-bond donors (Lipinski definition) is 1. The summed E-state index contributed by atoms with van der Waals surface area (Å²) in [7, 11) is 0. The van der Waals surface area contributed by atoms with E-state index >= 15 is 0 Å². The highest BCUT2D eigenvalue weighted by Gasteiger charge is 2.34. The Bertz CT molecular complexity index is 438. The third-order valence-electron chi connectivity index (χ3n) is 4.04. The molecule has 4 heteroatoms. The minimum Gasteiger partial charge on any atom is -0.334 e. The van der Waals surface area contributed by atoms with E-state index in [9.17, 15) is 4.79 Å². The van der Waals surface area contributed by atoms with Gasteiger partial charge in [0.2, 0.25) is 5.91 Å². The lowest BCUT2D eigenvalue weighted by Crippen LogP contribution is -2.36. The maximum absolute atomic E-state index is 12.6. The number of nitrogens with one attached hydrogen (secondary N) is 1. The average Bonchev–Trinajstić information content (AvgIpc) is 3.09. The minimum absolute atomic E-state index is 0.193. The van der Waals surface area contributed by atoms with Gasteiger partial charge in [0.25, 0.3) is 0 Å². The second-order valence-corrected chi connectivity index (χ2v) is 5.18. The zero-order valence-electron chi connectivity index (χ0n) is 10.5. The van der Waals surface area contributed by atoms with Gasteiger partial charge in [-0.05, 0) is 38.2 Å². The number of H-pyrrole nitrogens is 1. The number of likely N-dealkylation sites (tertiary alicyclic amines) is 1. The van der Waals surface area contributed by atoms with Gasteiger partial charge in [-0.3, -0.25) is 9.89 Å². The van der Waals surface area contributed by atoms with E-state index in [1.54, 1.807) is 6.20 Å². The average molecular weight is 245 g/mol. The zero-order valence-corrected chi connectivity index (χ0v) is 10.5. The molecule has 2 aliphatic rings. The summed E-state index contributed by atoms with van der Waals surface area (Å²) in [6.45, 7) is 0.892. The molecular weight excluding hydrogens is 226 g/mol. The van der Waals surface area contributed by atoms with Crippen LogP contribution in [0.15, 0.2) is 24.4 Å². The highest BCUT2D eigenvalue weighted by Crippen LogP contribution is 2.33. The predicted molar refractivity (Wildman–Crippen MR) is 68.8 cm³/mol. The van der Waals surface area contributed by atoms with E-state index in [-0.39, 0.29) is 12.0 Å². The van der Waals surface area contributed by atoms with Gasteiger partial charge < -0.3 is 4.90 Å². The second kappa shape index (κ2) is 4.96. The Labute approximate surface area is 107 Å². The van der Waals surface area contributed by atoms with Crippen LogP contribution >= 0.6 is 0 Å². The molecule has 1 aromatic rings. The number of amides is 1. The maximum Gasteiger partial charge on any atom is 0.226 e. The smallest absolute Gasteiger partial charge is 0.226 e. The first kappa shape index (κ1) is 11.5. The highest BCUT2D eigenvalue weighted by atomic mass is 16.2. The van der Waals surface area contributed by atoms with Gasteiger partial charge in [-0.1, -0.05) is 12.2 Å². The molecule has 1 aromatic heterocycles. The van der Waals surface area contributed by atoms with Crippen molar-refractivity contribution in [2.45, 2.75) is 38.1 Å². The number of hydrogen-bond acceptors (Lipinski definition) is 2. The van der Waals surface area contributed by atoms with Gasteiger partial charge in [0.1, 0.15) is 0 Å². The zero-order chi connectivity index (χ0) is 12.4. The van der Waals surface area contributed by atoms with Gasteiger partial charge in [0, 0.05) is 18.7 Å². The van der Waals surface area contributed by atoms with Crippen LogP contribution in [0.2, 0.25) is 0 Å². The van der Waals surface area contributed by atoms with Crippen LogP contribution in [0, 0.1) is 5.92 Å². The first-order valence-electron chi connectivity index (χ1n) is 6.81. The molecular formula is C14H19N3O. The van der Waals surface area contributed by atoms with E-state index in [2.05, 4.69) is 27.2 Å². The summed E-state index contributed by atoms with van der Waals surface area (Å²) < 4.78 is 0. The Morgan fingerprint density at radius 2 is 2.33 bits per heavy atom. The van der Waals surface area contributed by atoms with E-state index in [1.807, 2.05) is 6.07 Å². The van der Waals surface area contributed by atoms with E-state index < -0.39 is 0 Å². The lowest BCUT2D eigenvalue weighted by atomic mass is 9.93. The predicted octanol–water partition coefficient (Wildman–Crippen LogP) is 2.43. The number of carbonyl (C=O) groups is 1. The Hall–Kier alpha value is -1.58. The number of rotatable bonds is 2. The molecule has 4 nitrogen and oxygen atoms in total. The molecule has 2 atom stereocenters. The van der Waals surface area contributed by atoms with E-state index in [1.165, 1.54) is 0 Å². The quantitative estimate of drug-likeness (QED) is 0.813. The van der Waals surface area contributed by atoms with Crippen molar-refractivity contribution in [2.24, 2.45) is 5.92 Å². The van der Waals surface area contributed by atoms with Gasteiger partial charge in [-0.15, -0.1) is 0 Å². The molecule has 1 amide bonds. The molecule has 2 heterocycles. The topological polar surface area (TPSA) is 49.0 Å². The van der Waals surface area contributed by atoms with Crippen molar-refractivity contribution < 1.29 is 4.79 Å². The summed E-state index contributed by atoms with van der Waals surface area (Å²) in [4.78, 5) is 14.6. The molecule has 0 aromatic carbocycles. The standard InChI is InChI=1S/C14H19N3O/c18-14(11-5-2-1-3-6-11)17-10-4-7-13(17)12-8-9-15-16-12/h1-2,8-9,11,13H,3-7,10H2,(H,15,16)/t11-,13+/m0/s1. The molecule has 1 aliphatic carbocycles. The molecule has 0 bridgehead atoms. The molecule has 18 heavy (non-hydrogen) atoms. The summed E-state index contributed by atoms with van der Waals surface area (Å²) in [6, 6.07) is 2.20. The monoisotopic (exact) mass is 245 g/mol. The maximum atomic E-state index is 12.6. The molecule has 0 spiro atoms. The normalized spacial score (nSPS) is 27.7. The second-order valence-electron chi connectivity index (χ2n) is 5.18. The molecule has 96 valence electrons. The fourth-order valence-corrected chi connectivity index (χ4v) is 3.06. The van der Waals surface area contributed by atoms with Crippen LogP contribution in [-0.4, -0.2) is 27.5 Å². The highest BCUT2D eigenvalue weighted by molar-refractivity contribution is 5.80. The van der Waals surface area contributed by atoms with Crippen LogP contribution in [0.1, 0.15) is 43.8 Å². The van der Waals surface area contributed by atoms with Crippen molar-refractivity contribution in [1.82, 2.24) is 15.1 Å². The molecule has 0 saturated carbocycles. The van der Waals surface area contributed by atoms with Crippen LogP contribution in [0.25, 0.3) is 0 Å². The third-order valence-corrected chi connectivity index (χ3v) is 4.04. The molecule has 0 unspecified atom stereocenters. The Balaban J connectivity index is 1.74. The Morgan fingerprint density at radius 1 is 1.39 bits per heavy atom. The number of aromatic amines is 1. The first-order valence-corrected chi connectivity index (χ1v) is 6.81. The van der Waals surface area contributed by atoms with E-state index in [0.29, 0.717) is 5.91 Å². The fourth-order valence-electron chi connectivity index (χ4n) is 3.06. The molecule has 1 aliphatic heterocycles. The largest absolute Gasteiger partial charge is 0.334 e. The number of aromatic nitrogens is 2. The molecule has 0 radical (unpaired) electrons. The van der Waals surface area contributed by atoms with Crippen molar-refractivity contribution >= 4 is 5.91 Å². The Kier molecular flexibility index (Phi) is 3.17. The van der Waals surface area contributed by atoms with Crippen molar-refractivity contribution in [1.29, 1.82) is 0 Å².